The molecule has 1 aromatic rings. The minimum absolute atomic E-state index is 0.0686. The van der Waals surface area contributed by atoms with Crippen LogP contribution in [-0.2, 0) is 30.3 Å². The minimum atomic E-state index is -0.653. The van der Waals surface area contributed by atoms with Gasteiger partial charge in [0.1, 0.15) is 12.6 Å². The molecule has 0 unspecified atom stereocenters. The summed E-state index contributed by atoms with van der Waals surface area (Å²) >= 11 is 0. The van der Waals surface area contributed by atoms with Crippen molar-refractivity contribution in [2.24, 2.45) is 11.3 Å². The maximum atomic E-state index is 13.6. The third kappa shape index (κ3) is 6.90. The first-order valence-electron chi connectivity index (χ1n) is 16.2. The van der Waals surface area contributed by atoms with E-state index < -0.39 is 35.0 Å². The fraction of sp³-hybridized carbons (Fsp3) is 0.765. The molecule has 0 aromatic heterocycles. The number of ether oxygens (including phenoxy) is 4. The molecule has 1 aromatic carbocycles. The normalized spacial score (nSPS) is 34.3. The Morgan fingerprint density at radius 1 is 0.977 bits per heavy atom. The number of aliphatic hydroxyl groups is 1. The lowest BCUT2D eigenvalue weighted by Gasteiger charge is -2.53. The lowest BCUT2D eigenvalue weighted by molar-refractivity contribution is -0.250. The number of aliphatic hydroxyl groups excluding tert-OH is 1. The summed E-state index contributed by atoms with van der Waals surface area (Å²) in [5, 5.41) is 13.5. The highest BCUT2D eigenvalue weighted by Gasteiger charge is 2.57. The Kier molecular flexibility index (Phi) is 9.21. The van der Waals surface area contributed by atoms with Gasteiger partial charge in [0.25, 0.3) is 0 Å². The molecule has 2 N–H and O–H groups in total. The molecular weight excluding hydrogens is 548 g/mol. The topological polar surface area (TPSA) is 107 Å². The molecule has 5 rings (SSSR count). The van der Waals surface area contributed by atoms with Crippen LogP contribution in [0.25, 0.3) is 0 Å². The van der Waals surface area contributed by atoms with Crippen molar-refractivity contribution in [1.29, 1.82) is 0 Å². The maximum absolute atomic E-state index is 13.6. The summed E-state index contributed by atoms with van der Waals surface area (Å²) < 4.78 is 25.6. The zero-order valence-corrected chi connectivity index (χ0v) is 26.9. The molecule has 4 fully saturated rings. The van der Waals surface area contributed by atoms with E-state index in [1.165, 1.54) is 0 Å². The van der Waals surface area contributed by atoms with E-state index in [4.69, 9.17) is 18.9 Å². The summed E-state index contributed by atoms with van der Waals surface area (Å²) in [5.74, 6) is -0.148. The lowest BCUT2D eigenvalue weighted by atomic mass is 9.69. The van der Waals surface area contributed by atoms with Gasteiger partial charge in [0.05, 0.1) is 41.7 Å². The number of nitrogens with zero attached hydrogens (tertiary/aromatic N) is 1. The monoisotopic (exact) mass is 600 g/mol. The molecule has 4 saturated heterocycles. The standard InChI is InChI=1S/C34H52N2O7/c1-23(2)28(35-30(39)40-21-24-10-8-7-9-11-24)29(38)36-18-16-34(17-19-36)20-27-32(5,41-22-34)15-13-26-33(6,43-27)14-12-25(37)31(3,4)42-26/h7-11,23,25-28,37H,12-22H2,1-6H3,(H,35,39)/t25-,26-,27-,28+,32+,33+/m1/s1. The van der Waals surface area contributed by atoms with Crippen LogP contribution in [0.15, 0.2) is 30.3 Å². The first-order valence-corrected chi connectivity index (χ1v) is 16.2. The average molecular weight is 601 g/mol. The number of fused-ring (bicyclic) bond motifs is 2. The third-order valence-electron chi connectivity index (χ3n) is 10.7. The van der Waals surface area contributed by atoms with E-state index in [9.17, 15) is 14.7 Å². The fourth-order valence-corrected chi connectivity index (χ4v) is 7.37. The number of alkyl carbamates (subject to hydrolysis) is 1. The van der Waals surface area contributed by atoms with Gasteiger partial charge in [-0.1, -0.05) is 44.2 Å². The van der Waals surface area contributed by atoms with Gasteiger partial charge in [-0.05, 0) is 89.5 Å². The second kappa shape index (κ2) is 12.3. The van der Waals surface area contributed by atoms with Crippen LogP contribution < -0.4 is 5.32 Å². The number of hydrogen-bond acceptors (Lipinski definition) is 7. The number of hydrogen-bond donors (Lipinski definition) is 2. The molecule has 0 bridgehead atoms. The Bertz CT molecular complexity index is 1130. The summed E-state index contributed by atoms with van der Waals surface area (Å²) in [6, 6.07) is 8.85. The highest BCUT2D eigenvalue weighted by atomic mass is 16.6. The van der Waals surface area contributed by atoms with E-state index in [-0.39, 0.29) is 36.1 Å². The van der Waals surface area contributed by atoms with Crippen molar-refractivity contribution in [2.75, 3.05) is 19.7 Å². The van der Waals surface area contributed by atoms with Crippen LogP contribution in [0.2, 0.25) is 0 Å². The van der Waals surface area contributed by atoms with Crippen molar-refractivity contribution in [3.63, 3.8) is 0 Å². The van der Waals surface area contributed by atoms with Crippen molar-refractivity contribution in [3.8, 4) is 0 Å². The van der Waals surface area contributed by atoms with Gasteiger partial charge in [-0.2, -0.15) is 0 Å². The van der Waals surface area contributed by atoms with Crippen molar-refractivity contribution in [3.05, 3.63) is 35.9 Å². The molecular formula is C34H52N2O7. The number of nitrogens with one attached hydrogen (secondary N) is 1. The van der Waals surface area contributed by atoms with E-state index in [0.29, 0.717) is 26.1 Å². The number of rotatable bonds is 5. The van der Waals surface area contributed by atoms with Gasteiger partial charge in [0.2, 0.25) is 5.91 Å². The smallest absolute Gasteiger partial charge is 0.408 e. The summed E-state index contributed by atoms with van der Waals surface area (Å²) in [6.07, 6.45) is 4.23. The molecule has 9 nitrogen and oxygen atoms in total. The number of carbonyl (C=O) groups is 2. The van der Waals surface area contributed by atoms with Gasteiger partial charge in [-0.25, -0.2) is 4.79 Å². The molecule has 0 radical (unpaired) electrons. The molecule has 2 amide bonds. The zero-order valence-electron chi connectivity index (χ0n) is 26.9. The predicted octanol–water partition coefficient (Wildman–Crippen LogP) is 4.98. The quantitative estimate of drug-likeness (QED) is 0.491. The average Bonchev–Trinajstić information content (AvgIpc) is 3.13. The fourth-order valence-electron chi connectivity index (χ4n) is 7.37. The van der Waals surface area contributed by atoms with E-state index in [0.717, 1.165) is 44.1 Å². The highest BCUT2D eigenvalue weighted by molar-refractivity contribution is 5.86. The van der Waals surface area contributed by atoms with Gasteiger partial charge in [0.15, 0.2) is 0 Å². The number of likely N-dealkylation sites (tertiary alicyclic amines) is 1. The molecule has 1 spiro atoms. The van der Waals surface area contributed by atoms with E-state index in [1.54, 1.807) is 0 Å². The van der Waals surface area contributed by atoms with Crippen molar-refractivity contribution in [2.45, 2.75) is 134 Å². The molecule has 0 aliphatic carbocycles. The maximum Gasteiger partial charge on any atom is 0.408 e. The van der Waals surface area contributed by atoms with Gasteiger partial charge in [0, 0.05) is 13.1 Å². The summed E-state index contributed by atoms with van der Waals surface area (Å²) in [4.78, 5) is 28.1. The van der Waals surface area contributed by atoms with Crippen molar-refractivity contribution in [1.82, 2.24) is 10.2 Å². The van der Waals surface area contributed by atoms with Gasteiger partial charge < -0.3 is 34.3 Å². The van der Waals surface area contributed by atoms with Gasteiger partial charge >= 0.3 is 6.09 Å². The van der Waals surface area contributed by atoms with Crippen LogP contribution in [0.3, 0.4) is 0 Å². The molecule has 9 heteroatoms. The van der Waals surface area contributed by atoms with E-state index in [1.807, 2.05) is 62.9 Å². The van der Waals surface area contributed by atoms with Crippen LogP contribution in [-0.4, -0.2) is 82.9 Å². The Labute approximate surface area is 257 Å². The number of piperidine rings is 1. The molecule has 43 heavy (non-hydrogen) atoms. The second-order valence-corrected chi connectivity index (χ2v) is 14.8. The summed E-state index contributed by atoms with van der Waals surface area (Å²) in [5.41, 5.74) is -0.692. The van der Waals surface area contributed by atoms with E-state index in [2.05, 4.69) is 19.2 Å². The van der Waals surface area contributed by atoms with E-state index >= 15 is 0 Å². The first-order chi connectivity index (χ1) is 20.2. The molecule has 6 atom stereocenters. The van der Waals surface area contributed by atoms with Crippen molar-refractivity contribution >= 4 is 12.0 Å². The number of carbonyl (C=O) groups excluding carboxylic acids is 2. The second-order valence-electron chi connectivity index (χ2n) is 14.8. The van der Waals surface area contributed by atoms with Crippen LogP contribution >= 0.6 is 0 Å². The third-order valence-corrected chi connectivity index (χ3v) is 10.7. The number of benzene rings is 1. The Hall–Kier alpha value is -2.20. The van der Waals surface area contributed by atoms with Gasteiger partial charge in [-0.15, -0.1) is 0 Å². The SMILES string of the molecule is CC(C)[C@H](NC(=O)OCc1ccccc1)C(=O)N1CCC2(CC1)CO[C@@]1(C)CC[C@H]3OC(C)(C)[C@H](O)CC[C@]3(C)O[C@@H]1C2. The van der Waals surface area contributed by atoms with Gasteiger partial charge in [-0.3, -0.25) is 4.79 Å². The van der Waals surface area contributed by atoms with Crippen LogP contribution in [0, 0.1) is 11.3 Å². The van der Waals surface area contributed by atoms with Crippen LogP contribution in [0.5, 0.6) is 0 Å². The highest BCUT2D eigenvalue weighted by Crippen LogP contribution is 2.51. The van der Waals surface area contributed by atoms with Crippen LogP contribution in [0.4, 0.5) is 4.79 Å². The number of amides is 2. The largest absolute Gasteiger partial charge is 0.445 e. The Morgan fingerprint density at radius 3 is 2.33 bits per heavy atom. The molecule has 4 heterocycles. The molecule has 4 aliphatic rings. The van der Waals surface area contributed by atoms with Crippen LogP contribution in [0.1, 0.15) is 92.1 Å². The Balaban J connectivity index is 1.20. The molecule has 4 aliphatic heterocycles. The first kappa shape index (κ1) is 32.2. The summed E-state index contributed by atoms with van der Waals surface area (Å²) in [6.45, 7) is 14.2. The predicted molar refractivity (Wildman–Crippen MR) is 162 cm³/mol. The summed E-state index contributed by atoms with van der Waals surface area (Å²) in [7, 11) is 0. The Morgan fingerprint density at radius 2 is 1.65 bits per heavy atom. The molecule has 0 saturated carbocycles. The van der Waals surface area contributed by atoms with Crippen molar-refractivity contribution < 1.29 is 33.6 Å². The lowest BCUT2D eigenvalue weighted by Crippen LogP contribution is -2.59. The zero-order chi connectivity index (χ0) is 31.0. The minimum Gasteiger partial charge on any atom is -0.445 e. The molecule has 240 valence electrons.